The fraction of sp³-hybridized carbons (Fsp3) is 0.407. The van der Waals surface area contributed by atoms with Crippen LogP contribution in [-0.2, 0) is 18.6 Å². The van der Waals surface area contributed by atoms with Crippen molar-refractivity contribution in [1.82, 2.24) is 24.9 Å². The minimum atomic E-state index is -4.48. The Bertz CT molecular complexity index is 1430. The third-order valence-electron chi connectivity index (χ3n) is 8.07. The lowest BCUT2D eigenvalue weighted by Gasteiger charge is -2.47. The summed E-state index contributed by atoms with van der Waals surface area (Å²) in [4.78, 5) is 4.63. The van der Waals surface area contributed by atoms with E-state index in [1.54, 1.807) is 29.8 Å². The zero-order chi connectivity index (χ0) is 25.8. The molecule has 0 amide bonds. The van der Waals surface area contributed by atoms with Crippen LogP contribution in [0.2, 0.25) is 0 Å². The maximum Gasteiger partial charge on any atom is 0.417 e. The van der Waals surface area contributed by atoms with Crippen molar-refractivity contribution >= 4 is 0 Å². The predicted octanol–water partition coefficient (Wildman–Crippen LogP) is 6.70. The van der Waals surface area contributed by atoms with Crippen LogP contribution in [0.25, 0.3) is 22.8 Å². The average molecular weight is 512 g/mol. The molecule has 37 heavy (non-hydrogen) atoms. The van der Waals surface area contributed by atoms with E-state index in [1.165, 1.54) is 24.3 Å². The van der Waals surface area contributed by atoms with Gasteiger partial charge in [0.1, 0.15) is 11.6 Å². The van der Waals surface area contributed by atoms with Crippen LogP contribution in [0.4, 0.5) is 17.6 Å². The van der Waals surface area contributed by atoms with E-state index in [-0.39, 0.29) is 34.5 Å². The molecule has 2 aliphatic rings. The average Bonchev–Trinajstić information content (AvgIpc) is 3.52. The Morgan fingerprint density at radius 2 is 1.78 bits per heavy atom. The van der Waals surface area contributed by atoms with E-state index in [0.717, 1.165) is 50.4 Å². The largest absolute Gasteiger partial charge is 0.417 e. The highest BCUT2D eigenvalue weighted by atomic mass is 19.4. The number of fused-ring (bicyclic) bond motifs is 2. The van der Waals surface area contributed by atoms with Gasteiger partial charge in [-0.2, -0.15) is 18.2 Å². The molecule has 3 atom stereocenters. The van der Waals surface area contributed by atoms with E-state index in [4.69, 9.17) is 4.52 Å². The molecule has 6 rings (SSSR count). The van der Waals surface area contributed by atoms with Gasteiger partial charge < -0.3 is 9.09 Å². The lowest BCUT2D eigenvalue weighted by molar-refractivity contribution is -0.137. The van der Waals surface area contributed by atoms with Crippen molar-refractivity contribution < 1.29 is 22.1 Å². The number of hydrogen-bond donors (Lipinski definition) is 0. The summed E-state index contributed by atoms with van der Waals surface area (Å²) in [5, 5.41) is 12.8. The number of alkyl halides is 3. The first-order valence-corrected chi connectivity index (χ1v) is 12.4. The molecule has 0 aliphatic heterocycles. The monoisotopic (exact) mass is 511 g/mol. The highest BCUT2D eigenvalue weighted by molar-refractivity contribution is 5.61. The SMILES string of the molecule is Cn1c(-c2ccccc2C(F)(F)F)nnc1C12CCCC(C1)C(c1nc(-c3ccc(F)cc3)no1)CC2. The van der Waals surface area contributed by atoms with E-state index in [1.807, 2.05) is 0 Å². The molecule has 10 heteroatoms. The zero-order valence-corrected chi connectivity index (χ0v) is 20.2. The van der Waals surface area contributed by atoms with Crippen molar-refractivity contribution in [2.75, 3.05) is 0 Å². The van der Waals surface area contributed by atoms with Crippen molar-refractivity contribution in [3.63, 3.8) is 0 Å². The Morgan fingerprint density at radius 3 is 2.57 bits per heavy atom. The summed E-state index contributed by atoms with van der Waals surface area (Å²) >= 11 is 0. The van der Waals surface area contributed by atoms with Crippen molar-refractivity contribution in [2.45, 2.75) is 56.0 Å². The van der Waals surface area contributed by atoms with Gasteiger partial charge in [0.15, 0.2) is 5.82 Å². The van der Waals surface area contributed by atoms with Gasteiger partial charge in [-0.3, -0.25) is 0 Å². The summed E-state index contributed by atoms with van der Waals surface area (Å²) in [5.41, 5.74) is -0.246. The molecule has 2 heterocycles. The van der Waals surface area contributed by atoms with Gasteiger partial charge in [-0.25, -0.2) is 4.39 Å². The van der Waals surface area contributed by atoms with Crippen LogP contribution in [0.1, 0.15) is 61.7 Å². The van der Waals surface area contributed by atoms with E-state index >= 15 is 0 Å². The van der Waals surface area contributed by atoms with Crippen molar-refractivity contribution in [2.24, 2.45) is 13.0 Å². The van der Waals surface area contributed by atoms with Gasteiger partial charge in [0, 0.05) is 29.5 Å². The number of hydrogen-bond acceptors (Lipinski definition) is 5. The lowest BCUT2D eigenvalue weighted by Crippen LogP contribution is -2.41. The highest BCUT2D eigenvalue weighted by Gasteiger charge is 2.49. The minimum Gasteiger partial charge on any atom is -0.339 e. The highest BCUT2D eigenvalue weighted by Crippen LogP contribution is 2.55. The van der Waals surface area contributed by atoms with Crippen LogP contribution >= 0.6 is 0 Å². The molecule has 2 bridgehead atoms. The number of halogens is 4. The second kappa shape index (κ2) is 8.78. The van der Waals surface area contributed by atoms with Crippen LogP contribution in [0, 0.1) is 11.7 Å². The number of aromatic nitrogens is 5. The second-order valence-electron chi connectivity index (χ2n) is 10.2. The molecule has 2 aromatic heterocycles. The molecule has 0 N–H and O–H groups in total. The van der Waals surface area contributed by atoms with Gasteiger partial charge in [0.05, 0.1) is 5.56 Å². The van der Waals surface area contributed by atoms with Crippen LogP contribution in [0.15, 0.2) is 53.1 Å². The summed E-state index contributed by atoms with van der Waals surface area (Å²) in [6, 6.07) is 11.5. The fourth-order valence-electron chi connectivity index (χ4n) is 6.34. The van der Waals surface area contributed by atoms with E-state index in [2.05, 4.69) is 20.3 Å². The molecule has 2 aromatic carbocycles. The maximum atomic E-state index is 13.7. The Labute approximate surface area is 210 Å². The quantitative estimate of drug-likeness (QED) is 0.285. The first-order chi connectivity index (χ1) is 17.7. The van der Waals surface area contributed by atoms with Gasteiger partial charge in [0.2, 0.25) is 11.7 Å². The molecule has 0 radical (unpaired) electrons. The first-order valence-electron chi connectivity index (χ1n) is 12.4. The summed E-state index contributed by atoms with van der Waals surface area (Å²) in [6.07, 6.45) is 0.842. The van der Waals surface area contributed by atoms with Gasteiger partial charge in [-0.1, -0.05) is 29.8 Å². The van der Waals surface area contributed by atoms with Gasteiger partial charge >= 0.3 is 6.18 Å². The minimum absolute atomic E-state index is 0.0351. The van der Waals surface area contributed by atoms with E-state index in [9.17, 15) is 17.6 Å². The molecular formula is C27H25F4N5O. The normalized spacial score (nSPS) is 23.8. The number of rotatable bonds is 4. The molecule has 192 valence electrons. The van der Waals surface area contributed by atoms with Crippen molar-refractivity contribution in [3.05, 3.63) is 71.6 Å². The van der Waals surface area contributed by atoms with Crippen molar-refractivity contribution in [3.8, 4) is 22.8 Å². The van der Waals surface area contributed by atoms with E-state index < -0.39 is 11.7 Å². The van der Waals surface area contributed by atoms with Crippen molar-refractivity contribution in [1.29, 1.82) is 0 Å². The number of benzene rings is 2. The standard InChI is InChI=1S/C27H25F4N5O/c1-36-23(20-6-2-3-7-21(20)27(29,30)31)33-34-25(36)26-13-4-5-17(15-26)19(12-14-26)24-32-22(35-37-24)16-8-10-18(28)11-9-16/h2-3,6-11,17,19H,4-5,12-15H2,1H3. The first kappa shape index (κ1) is 23.8. The third kappa shape index (κ3) is 4.12. The molecule has 0 spiro atoms. The summed E-state index contributed by atoms with van der Waals surface area (Å²) < 4.78 is 61.7. The van der Waals surface area contributed by atoms with Gasteiger partial charge in [0.25, 0.3) is 0 Å². The number of nitrogens with zero attached hydrogens (tertiary/aromatic N) is 5. The van der Waals surface area contributed by atoms with E-state index in [0.29, 0.717) is 17.3 Å². The molecule has 4 aromatic rings. The molecule has 2 saturated carbocycles. The molecule has 6 nitrogen and oxygen atoms in total. The Balaban J connectivity index is 1.28. The van der Waals surface area contributed by atoms with Crippen LogP contribution < -0.4 is 0 Å². The fourth-order valence-corrected chi connectivity index (χ4v) is 6.34. The summed E-state index contributed by atoms with van der Waals surface area (Å²) in [7, 11) is 1.76. The molecule has 3 unspecified atom stereocenters. The Morgan fingerprint density at radius 1 is 1.00 bits per heavy atom. The van der Waals surface area contributed by atoms with Gasteiger partial charge in [-0.15, -0.1) is 10.2 Å². The summed E-state index contributed by atoms with van der Waals surface area (Å²) in [5.74, 6) is 2.02. The van der Waals surface area contributed by atoms with Gasteiger partial charge in [-0.05, 0) is 68.4 Å². The maximum absolute atomic E-state index is 13.7. The Kier molecular flexibility index (Phi) is 5.65. The lowest BCUT2D eigenvalue weighted by atomic mass is 9.58. The Hall–Kier alpha value is -3.56. The molecule has 2 aliphatic carbocycles. The molecular weight excluding hydrogens is 486 g/mol. The molecule has 2 fully saturated rings. The topological polar surface area (TPSA) is 69.6 Å². The third-order valence-corrected chi connectivity index (χ3v) is 8.07. The predicted molar refractivity (Wildman–Crippen MR) is 127 cm³/mol. The smallest absolute Gasteiger partial charge is 0.339 e. The zero-order valence-electron chi connectivity index (χ0n) is 20.2. The van der Waals surface area contributed by atoms with Crippen LogP contribution in [-0.4, -0.2) is 24.9 Å². The van der Waals surface area contributed by atoms with Crippen LogP contribution in [0.3, 0.4) is 0 Å². The second-order valence-corrected chi connectivity index (χ2v) is 10.2. The van der Waals surface area contributed by atoms with Crippen LogP contribution in [0.5, 0.6) is 0 Å². The summed E-state index contributed by atoms with van der Waals surface area (Å²) in [6.45, 7) is 0. The molecule has 0 saturated heterocycles.